The van der Waals surface area contributed by atoms with Crippen molar-refractivity contribution in [1.82, 2.24) is 19.6 Å². The van der Waals surface area contributed by atoms with Gasteiger partial charge in [0.15, 0.2) is 0 Å². The van der Waals surface area contributed by atoms with Crippen LogP contribution < -0.4 is 0 Å². The molecule has 2 aromatic heterocycles. The van der Waals surface area contributed by atoms with E-state index in [0.717, 1.165) is 22.6 Å². The highest BCUT2D eigenvalue weighted by atomic mass is 15.3. The van der Waals surface area contributed by atoms with Gasteiger partial charge < -0.3 is 0 Å². The quantitative estimate of drug-likeness (QED) is 0.533. The Morgan fingerprint density at radius 1 is 0.857 bits per heavy atom. The second-order valence-corrected chi connectivity index (χ2v) is 5.22. The number of fused-ring (bicyclic) bond motifs is 2. The van der Waals surface area contributed by atoms with Gasteiger partial charge in [-0.05, 0) is 30.7 Å². The Hall–Kier alpha value is -2.75. The van der Waals surface area contributed by atoms with E-state index in [1.165, 1.54) is 10.8 Å². The predicted molar refractivity (Wildman–Crippen MR) is 83.2 cm³/mol. The Bertz CT molecular complexity index is 930. The standard InChI is InChI=1S/C17H14N4/c1-11-12(2)20-21-10-16(19-17(21)18-11)15-8-7-13-5-3-4-6-14(13)9-15/h3-10H,1-2H3. The normalized spacial score (nSPS) is 11.3. The Morgan fingerprint density at radius 2 is 1.67 bits per heavy atom. The summed E-state index contributed by atoms with van der Waals surface area (Å²) in [6, 6.07) is 14.7. The fraction of sp³-hybridized carbons (Fsp3) is 0.118. The summed E-state index contributed by atoms with van der Waals surface area (Å²) in [7, 11) is 0. The lowest BCUT2D eigenvalue weighted by Gasteiger charge is -2.00. The Labute approximate surface area is 122 Å². The van der Waals surface area contributed by atoms with E-state index >= 15 is 0 Å². The SMILES string of the molecule is Cc1nc2nc(-c3ccc4ccccc4c3)cn2nc1C. The van der Waals surface area contributed by atoms with E-state index in [4.69, 9.17) is 0 Å². The molecule has 21 heavy (non-hydrogen) atoms. The molecular weight excluding hydrogens is 260 g/mol. The Morgan fingerprint density at radius 3 is 2.52 bits per heavy atom. The first-order valence-corrected chi connectivity index (χ1v) is 6.90. The molecule has 0 saturated carbocycles. The summed E-state index contributed by atoms with van der Waals surface area (Å²) in [5.41, 5.74) is 3.81. The summed E-state index contributed by atoms with van der Waals surface area (Å²) < 4.78 is 1.74. The number of aryl methyl sites for hydroxylation is 2. The maximum Gasteiger partial charge on any atom is 0.251 e. The van der Waals surface area contributed by atoms with Crippen LogP contribution in [0.3, 0.4) is 0 Å². The van der Waals surface area contributed by atoms with Crippen molar-refractivity contribution in [3.05, 3.63) is 60.0 Å². The molecule has 0 saturated heterocycles. The van der Waals surface area contributed by atoms with Gasteiger partial charge in [-0.3, -0.25) is 0 Å². The number of hydrogen-bond acceptors (Lipinski definition) is 3. The van der Waals surface area contributed by atoms with Crippen LogP contribution in [0, 0.1) is 13.8 Å². The topological polar surface area (TPSA) is 43.1 Å². The molecule has 0 fully saturated rings. The molecule has 2 heterocycles. The number of imidazole rings is 1. The van der Waals surface area contributed by atoms with E-state index in [0.29, 0.717) is 5.78 Å². The molecular formula is C17H14N4. The van der Waals surface area contributed by atoms with Gasteiger partial charge in [0.05, 0.1) is 23.3 Å². The van der Waals surface area contributed by atoms with Crippen LogP contribution in [0.25, 0.3) is 27.8 Å². The van der Waals surface area contributed by atoms with Crippen molar-refractivity contribution < 1.29 is 0 Å². The molecule has 4 rings (SSSR count). The molecule has 0 spiro atoms. The molecule has 4 nitrogen and oxygen atoms in total. The van der Waals surface area contributed by atoms with Crippen molar-refractivity contribution in [3.8, 4) is 11.3 Å². The van der Waals surface area contributed by atoms with Gasteiger partial charge in [-0.1, -0.05) is 36.4 Å². The molecule has 0 N–H and O–H groups in total. The molecule has 0 radical (unpaired) electrons. The molecule has 0 unspecified atom stereocenters. The van der Waals surface area contributed by atoms with Crippen molar-refractivity contribution in [2.24, 2.45) is 0 Å². The van der Waals surface area contributed by atoms with Gasteiger partial charge in [0.1, 0.15) is 0 Å². The maximum atomic E-state index is 4.58. The first kappa shape index (κ1) is 12.0. The van der Waals surface area contributed by atoms with Crippen molar-refractivity contribution in [1.29, 1.82) is 0 Å². The zero-order valence-corrected chi connectivity index (χ0v) is 11.9. The van der Waals surface area contributed by atoms with Crippen molar-refractivity contribution >= 4 is 16.6 Å². The molecule has 0 atom stereocenters. The summed E-state index contributed by atoms with van der Waals surface area (Å²) in [6.45, 7) is 3.91. The van der Waals surface area contributed by atoms with E-state index in [9.17, 15) is 0 Å². The van der Waals surface area contributed by atoms with Crippen molar-refractivity contribution in [2.75, 3.05) is 0 Å². The lowest BCUT2D eigenvalue weighted by molar-refractivity contribution is 0.849. The van der Waals surface area contributed by atoms with Gasteiger partial charge in [-0.2, -0.15) is 5.10 Å². The predicted octanol–water partition coefficient (Wildman–Crippen LogP) is 3.56. The first-order valence-electron chi connectivity index (χ1n) is 6.90. The molecule has 4 heteroatoms. The van der Waals surface area contributed by atoms with E-state index < -0.39 is 0 Å². The second kappa shape index (κ2) is 4.38. The lowest BCUT2D eigenvalue weighted by Crippen LogP contribution is -1.99. The van der Waals surface area contributed by atoms with Gasteiger partial charge in [0.2, 0.25) is 0 Å². The highest BCUT2D eigenvalue weighted by Crippen LogP contribution is 2.23. The van der Waals surface area contributed by atoms with Crippen LogP contribution in [-0.4, -0.2) is 19.6 Å². The Kier molecular flexibility index (Phi) is 2.51. The van der Waals surface area contributed by atoms with Gasteiger partial charge in [0, 0.05) is 5.56 Å². The monoisotopic (exact) mass is 274 g/mol. The van der Waals surface area contributed by atoms with Gasteiger partial charge >= 0.3 is 0 Å². The minimum Gasteiger partial charge on any atom is -0.215 e. The van der Waals surface area contributed by atoms with Gasteiger partial charge in [-0.15, -0.1) is 0 Å². The smallest absolute Gasteiger partial charge is 0.215 e. The van der Waals surface area contributed by atoms with E-state index in [-0.39, 0.29) is 0 Å². The molecule has 4 aromatic rings. The number of rotatable bonds is 1. The second-order valence-electron chi connectivity index (χ2n) is 5.22. The van der Waals surface area contributed by atoms with Crippen LogP contribution in [0.5, 0.6) is 0 Å². The zero-order valence-electron chi connectivity index (χ0n) is 11.9. The van der Waals surface area contributed by atoms with Crippen LogP contribution in [0.1, 0.15) is 11.4 Å². The number of benzene rings is 2. The fourth-order valence-corrected chi connectivity index (χ4v) is 2.46. The number of nitrogens with zero attached hydrogens (tertiary/aromatic N) is 4. The summed E-state index contributed by atoms with van der Waals surface area (Å²) in [4.78, 5) is 9.05. The third-order valence-electron chi connectivity index (χ3n) is 3.76. The molecule has 0 aliphatic rings. The van der Waals surface area contributed by atoms with Crippen molar-refractivity contribution in [2.45, 2.75) is 13.8 Å². The maximum absolute atomic E-state index is 4.58. The average molecular weight is 274 g/mol. The summed E-state index contributed by atoms with van der Waals surface area (Å²) in [5.74, 6) is 0.640. The number of aromatic nitrogens is 4. The third kappa shape index (κ3) is 1.96. The van der Waals surface area contributed by atoms with E-state index in [1.54, 1.807) is 4.52 Å². The minimum atomic E-state index is 0.640. The van der Waals surface area contributed by atoms with Crippen LogP contribution in [-0.2, 0) is 0 Å². The number of hydrogen-bond donors (Lipinski definition) is 0. The largest absolute Gasteiger partial charge is 0.251 e. The lowest BCUT2D eigenvalue weighted by atomic mass is 10.1. The zero-order chi connectivity index (χ0) is 14.4. The highest BCUT2D eigenvalue weighted by Gasteiger charge is 2.08. The summed E-state index contributed by atoms with van der Waals surface area (Å²) in [6.07, 6.45) is 1.93. The molecule has 102 valence electrons. The third-order valence-corrected chi connectivity index (χ3v) is 3.76. The van der Waals surface area contributed by atoms with E-state index in [2.05, 4.69) is 45.4 Å². The summed E-state index contributed by atoms with van der Waals surface area (Å²) >= 11 is 0. The first-order chi connectivity index (χ1) is 10.2. The fourth-order valence-electron chi connectivity index (χ4n) is 2.46. The Balaban J connectivity index is 1.91. The van der Waals surface area contributed by atoms with Crippen LogP contribution in [0.15, 0.2) is 48.7 Å². The molecule has 0 bridgehead atoms. The van der Waals surface area contributed by atoms with Crippen molar-refractivity contribution in [3.63, 3.8) is 0 Å². The molecule has 0 aliphatic heterocycles. The van der Waals surface area contributed by atoms with E-state index in [1.807, 2.05) is 32.2 Å². The van der Waals surface area contributed by atoms with Crippen LogP contribution in [0.4, 0.5) is 0 Å². The average Bonchev–Trinajstić information content (AvgIpc) is 2.90. The molecule has 0 aliphatic carbocycles. The van der Waals surface area contributed by atoms with Gasteiger partial charge in [-0.25, -0.2) is 14.5 Å². The molecule has 2 aromatic carbocycles. The van der Waals surface area contributed by atoms with Gasteiger partial charge in [0.25, 0.3) is 5.78 Å². The highest BCUT2D eigenvalue weighted by molar-refractivity contribution is 5.86. The van der Waals surface area contributed by atoms with Crippen LogP contribution in [0.2, 0.25) is 0 Å². The summed E-state index contributed by atoms with van der Waals surface area (Å²) in [5, 5.41) is 6.91. The molecule has 0 amide bonds. The minimum absolute atomic E-state index is 0.640. The van der Waals surface area contributed by atoms with Crippen LogP contribution >= 0.6 is 0 Å².